The van der Waals surface area contributed by atoms with E-state index < -0.39 is 17.7 Å². The van der Waals surface area contributed by atoms with Gasteiger partial charge in [0.1, 0.15) is 11.6 Å². The largest absolute Gasteiger partial charge is 0.468 e. The SMILES string of the molecule is COC(=O)C(NCCCNC(=O)OC(C)(C)C)c1ccccc1. The lowest BCUT2D eigenvalue weighted by molar-refractivity contribution is -0.143. The lowest BCUT2D eigenvalue weighted by atomic mass is 10.1. The number of amides is 1. The number of benzene rings is 1. The first-order valence-electron chi connectivity index (χ1n) is 7.66. The van der Waals surface area contributed by atoms with Crippen LogP contribution in [0.2, 0.25) is 0 Å². The maximum absolute atomic E-state index is 11.9. The fraction of sp³-hybridized carbons (Fsp3) is 0.529. The van der Waals surface area contributed by atoms with Crippen LogP contribution in [0, 0.1) is 0 Å². The van der Waals surface area contributed by atoms with Gasteiger partial charge >= 0.3 is 12.1 Å². The van der Waals surface area contributed by atoms with Crippen LogP contribution in [-0.2, 0) is 14.3 Å². The summed E-state index contributed by atoms with van der Waals surface area (Å²) in [5.74, 6) is -0.337. The summed E-state index contributed by atoms with van der Waals surface area (Å²) in [6, 6.07) is 8.86. The van der Waals surface area contributed by atoms with Gasteiger partial charge in [0, 0.05) is 6.54 Å². The molecule has 0 heterocycles. The molecule has 6 heteroatoms. The number of ether oxygens (including phenoxy) is 2. The van der Waals surface area contributed by atoms with E-state index in [0.29, 0.717) is 19.5 Å². The Balaban J connectivity index is 2.37. The van der Waals surface area contributed by atoms with Crippen LogP contribution in [0.3, 0.4) is 0 Å². The Hall–Kier alpha value is -2.08. The van der Waals surface area contributed by atoms with Crippen LogP contribution in [0.25, 0.3) is 0 Å². The summed E-state index contributed by atoms with van der Waals surface area (Å²) in [7, 11) is 1.37. The molecule has 1 atom stereocenters. The third-order valence-corrected chi connectivity index (χ3v) is 2.94. The molecule has 0 saturated heterocycles. The maximum atomic E-state index is 11.9. The molecule has 0 spiro atoms. The van der Waals surface area contributed by atoms with E-state index in [1.54, 1.807) is 0 Å². The van der Waals surface area contributed by atoms with Crippen molar-refractivity contribution < 1.29 is 19.1 Å². The molecular formula is C17H26N2O4. The summed E-state index contributed by atoms with van der Waals surface area (Å²) >= 11 is 0. The molecule has 1 aromatic rings. The van der Waals surface area contributed by atoms with Gasteiger partial charge in [-0.15, -0.1) is 0 Å². The number of alkyl carbamates (subject to hydrolysis) is 1. The Kier molecular flexibility index (Phi) is 7.54. The lowest BCUT2D eigenvalue weighted by Crippen LogP contribution is -2.35. The number of esters is 1. The summed E-state index contributed by atoms with van der Waals surface area (Å²) in [6.07, 6.45) is 0.226. The van der Waals surface area contributed by atoms with E-state index in [0.717, 1.165) is 5.56 Å². The van der Waals surface area contributed by atoms with Crippen molar-refractivity contribution in [1.29, 1.82) is 0 Å². The lowest BCUT2D eigenvalue weighted by Gasteiger charge is -2.20. The van der Waals surface area contributed by atoms with Crippen molar-refractivity contribution in [2.75, 3.05) is 20.2 Å². The molecule has 0 aliphatic carbocycles. The number of nitrogens with one attached hydrogen (secondary N) is 2. The van der Waals surface area contributed by atoms with Crippen molar-refractivity contribution in [2.45, 2.75) is 38.8 Å². The van der Waals surface area contributed by atoms with Crippen molar-refractivity contribution >= 4 is 12.1 Å². The van der Waals surface area contributed by atoms with Crippen LogP contribution < -0.4 is 10.6 Å². The zero-order chi connectivity index (χ0) is 17.3. The molecule has 6 nitrogen and oxygen atoms in total. The first kappa shape index (κ1) is 19.0. The van der Waals surface area contributed by atoms with E-state index in [2.05, 4.69) is 10.6 Å². The topological polar surface area (TPSA) is 76.7 Å². The maximum Gasteiger partial charge on any atom is 0.407 e. The van der Waals surface area contributed by atoms with E-state index in [9.17, 15) is 9.59 Å². The molecule has 1 rings (SSSR count). The summed E-state index contributed by atoms with van der Waals surface area (Å²) in [4.78, 5) is 23.4. The van der Waals surface area contributed by atoms with Crippen LogP contribution in [0.1, 0.15) is 38.8 Å². The van der Waals surface area contributed by atoms with Gasteiger partial charge in [-0.05, 0) is 39.3 Å². The van der Waals surface area contributed by atoms with Gasteiger partial charge in [0.15, 0.2) is 0 Å². The second kappa shape index (κ2) is 9.15. The highest BCUT2D eigenvalue weighted by Gasteiger charge is 2.20. The second-order valence-corrected chi connectivity index (χ2v) is 6.10. The number of rotatable bonds is 7. The predicted molar refractivity (Wildman–Crippen MR) is 88.1 cm³/mol. The summed E-state index contributed by atoms with van der Waals surface area (Å²) in [5, 5.41) is 5.82. The highest BCUT2D eigenvalue weighted by atomic mass is 16.6. The third-order valence-electron chi connectivity index (χ3n) is 2.94. The molecule has 1 aromatic carbocycles. The fourth-order valence-electron chi connectivity index (χ4n) is 1.94. The van der Waals surface area contributed by atoms with Gasteiger partial charge in [0.05, 0.1) is 7.11 Å². The van der Waals surface area contributed by atoms with Crippen molar-refractivity contribution in [3.63, 3.8) is 0 Å². The van der Waals surface area contributed by atoms with Gasteiger partial charge in [0.25, 0.3) is 0 Å². The van der Waals surface area contributed by atoms with Crippen LogP contribution in [0.15, 0.2) is 30.3 Å². The average Bonchev–Trinajstić information content (AvgIpc) is 2.49. The number of methoxy groups -OCH3 is 1. The standard InChI is InChI=1S/C17H26N2O4/c1-17(2,3)23-16(21)19-12-8-11-18-14(15(20)22-4)13-9-6-5-7-10-13/h5-7,9-10,14,18H,8,11-12H2,1-4H3,(H,19,21). The van der Waals surface area contributed by atoms with Crippen LogP contribution >= 0.6 is 0 Å². The minimum atomic E-state index is -0.511. The quantitative estimate of drug-likeness (QED) is 0.595. The van der Waals surface area contributed by atoms with E-state index in [1.165, 1.54) is 7.11 Å². The van der Waals surface area contributed by atoms with Crippen molar-refractivity contribution in [2.24, 2.45) is 0 Å². The zero-order valence-electron chi connectivity index (χ0n) is 14.2. The first-order valence-corrected chi connectivity index (χ1v) is 7.66. The Morgan fingerprint density at radius 3 is 2.35 bits per heavy atom. The summed E-state index contributed by atoms with van der Waals surface area (Å²) < 4.78 is 9.97. The molecule has 0 saturated carbocycles. The van der Waals surface area contributed by atoms with Gasteiger partial charge < -0.3 is 20.1 Å². The second-order valence-electron chi connectivity index (χ2n) is 6.10. The number of hydrogen-bond donors (Lipinski definition) is 2. The molecule has 0 aliphatic heterocycles. The summed E-state index contributed by atoms with van der Waals surface area (Å²) in [6.45, 7) is 6.47. The predicted octanol–water partition coefficient (Wildman–Crippen LogP) is 2.41. The molecular weight excluding hydrogens is 296 g/mol. The van der Waals surface area contributed by atoms with E-state index >= 15 is 0 Å². The highest BCUT2D eigenvalue weighted by molar-refractivity contribution is 5.77. The van der Waals surface area contributed by atoms with Crippen LogP contribution in [0.4, 0.5) is 4.79 Å². The number of carbonyl (C=O) groups excluding carboxylic acids is 2. The Bertz CT molecular complexity index is 497. The molecule has 0 radical (unpaired) electrons. The average molecular weight is 322 g/mol. The molecule has 0 aromatic heterocycles. The molecule has 0 aliphatic rings. The zero-order valence-corrected chi connectivity index (χ0v) is 14.2. The van der Waals surface area contributed by atoms with E-state index in [1.807, 2.05) is 51.1 Å². The smallest absolute Gasteiger partial charge is 0.407 e. The molecule has 0 bridgehead atoms. The van der Waals surface area contributed by atoms with Gasteiger partial charge in [-0.1, -0.05) is 30.3 Å². The molecule has 0 fully saturated rings. The fourth-order valence-corrected chi connectivity index (χ4v) is 1.94. The first-order chi connectivity index (χ1) is 10.8. The third kappa shape index (κ3) is 7.65. The normalized spacial score (nSPS) is 12.3. The molecule has 23 heavy (non-hydrogen) atoms. The molecule has 1 amide bonds. The van der Waals surface area contributed by atoms with Gasteiger partial charge in [-0.2, -0.15) is 0 Å². The van der Waals surface area contributed by atoms with Crippen molar-refractivity contribution in [1.82, 2.24) is 10.6 Å². The monoisotopic (exact) mass is 322 g/mol. The number of carbonyl (C=O) groups is 2. The Labute approximate surface area is 137 Å². The van der Waals surface area contributed by atoms with Crippen LogP contribution in [0.5, 0.6) is 0 Å². The number of hydrogen-bond acceptors (Lipinski definition) is 5. The Morgan fingerprint density at radius 2 is 1.78 bits per heavy atom. The van der Waals surface area contributed by atoms with E-state index in [-0.39, 0.29) is 5.97 Å². The van der Waals surface area contributed by atoms with Crippen molar-refractivity contribution in [3.05, 3.63) is 35.9 Å². The summed E-state index contributed by atoms with van der Waals surface area (Å²) in [5.41, 5.74) is 0.338. The minimum absolute atomic E-state index is 0.337. The minimum Gasteiger partial charge on any atom is -0.468 e. The highest BCUT2D eigenvalue weighted by Crippen LogP contribution is 2.13. The van der Waals surface area contributed by atoms with Gasteiger partial charge in [0.2, 0.25) is 0 Å². The molecule has 1 unspecified atom stereocenters. The molecule has 2 N–H and O–H groups in total. The Morgan fingerprint density at radius 1 is 1.13 bits per heavy atom. The van der Waals surface area contributed by atoms with Gasteiger partial charge in [-0.25, -0.2) is 9.59 Å². The van der Waals surface area contributed by atoms with Crippen LogP contribution in [-0.4, -0.2) is 37.9 Å². The molecule has 128 valence electrons. The van der Waals surface area contributed by atoms with Gasteiger partial charge in [-0.3, -0.25) is 0 Å². The van der Waals surface area contributed by atoms with E-state index in [4.69, 9.17) is 9.47 Å². The van der Waals surface area contributed by atoms with Crippen molar-refractivity contribution in [3.8, 4) is 0 Å².